The molecule has 20 heavy (non-hydrogen) atoms. The topological polar surface area (TPSA) is 30.3 Å². The third-order valence-electron chi connectivity index (χ3n) is 3.47. The first-order chi connectivity index (χ1) is 9.52. The Labute approximate surface area is 128 Å². The van der Waals surface area contributed by atoms with Crippen LogP contribution in [0.25, 0.3) is 10.9 Å². The van der Waals surface area contributed by atoms with Gasteiger partial charge in [0.15, 0.2) is 0 Å². The predicted octanol–water partition coefficient (Wildman–Crippen LogP) is 2.80. The first kappa shape index (κ1) is 14.0. The lowest BCUT2D eigenvalue weighted by atomic mass is 10.0. The van der Waals surface area contributed by atoms with E-state index in [1.807, 2.05) is 4.68 Å². The summed E-state index contributed by atoms with van der Waals surface area (Å²) in [5.74, 6) is 0.782. The third-order valence-corrected chi connectivity index (χ3v) is 4.27. The molecule has 2 aromatic rings. The van der Waals surface area contributed by atoms with Gasteiger partial charge in [0.2, 0.25) is 0 Å². The van der Waals surface area contributed by atoms with Gasteiger partial charge < -0.3 is 9.64 Å². The normalized spacial score (nSPS) is 16.9. The number of aromatic nitrogens is 2. The van der Waals surface area contributed by atoms with E-state index >= 15 is 0 Å². The maximum absolute atomic E-state index is 12.2. The zero-order chi connectivity index (χ0) is 14.3. The summed E-state index contributed by atoms with van der Waals surface area (Å²) < 4.78 is 31.7. The van der Waals surface area contributed by atoms with Crippen molar-refractivity contribution in [3.63, 3.8) is 0 Å². The molecule has 7 heteroatoms. The molecular formula is C13H14F2IN3O. The lowest BCUT2D eigenvalue weighted by molar-refractivity contribution is -0.0497. The first-order valence-electron chi connectivity index (χ1n) is 6.32. The summed E-state index contributed by atoms with van der Waals surface area (Å²) in [6.07, 6.45) is 0. The molecule has 0 aliphatic carbocycles. The highest BCUT2D eigenvalue weighted by atomic mass is 127. The summed E-state index contributed by atoms with van der Waals surface area (Å²) in [4.78, 5) is 2.26. The highest BCUT2D eigenvalue weighted by molar-refractivity contribution is 14.1. The molecule has 0 radical (unpaired) electrons. The van der Waals surface area contributed by atoms with E-state index in [1.165, 1.54) is 0 Å². The second-order valence-corrected chi connectivity index (χ2v) is 6.14. The monoisotopic (exact) mass is 393 g/mol. The van der Waals surface area contributed by atoms with E-state index in [-0.39, 0.29) is 5.75 Å². The second kappa shape index (κ2) is 5.44. The number of benzene rings is 1. The van der Waals surface area contributed by atoms with Crippen molar-refractivity contribution >= 4 is 33.5 Å². The molecule has 0 amide bonds. The van der Waals surface area contributed by atoms with Crippen LogP contribution in [0, 0.1) is 9.62 Å². The van der Waals surface area contributed by atoms with E-state index in [9.17, 15) is 8.78 Å². The fraction of sp³-hybridized carbons (Fsp3) is 0.462. The van der Waals surface area contributed by atoms with Crippen LogP contribution in [0.3, 0.4) is 0 Å². The predicted molar refractivity (Wildman–Crippen MR) is 80.1 cm³/mol. The van der Waals surface area contributed by atoms with Crippen LogP contribution in [0.1, 0.15) is 0 Å². The number of hydrogen-bond donors (Lipinski definition) is 0. The van der Waals surface area contributed by atoms with Crippen LogP contribution in [0.2, 0.25) is 0 Å². The zero-order valence-electron chi connectivity index (χ0n) is 10.9. The number of hydrogen-bond acceptors (Lipinski definition) is 3. The van der Waals surface area contributed by atoms with E-state index in [2.05, 4.69) is 44.4 Å². The number of rotatable bonds is 4. The second-order valence-electron chi connectivity index (χ2n) is 5.12. The Bertz CT molecular complexity index is 625. The minimum atomic E-state index is -2.80. The molecule has 0 spiro atoms. The highest BCUT2D eigenvalue weighted by Crippen LogP contribution is 2.27. The largest absolute Gasteiger partial charge is 0.435 e. The fourth-order valence-electron chi connectivity index (χ4n) is 2.62. The van der Waals surface area contributed by atoms with Gasteiger partial charge in [-0.15, -0.1) is 0 Å². The zero-order valence-corrected chi connectivity index (χ0v) is 13.0. The maximum atomic E-state index is 12.2. The molecular weight excluding hydrogens is 379 g/mol. The molecule has 0 unspecified atom stereocenters. The standard InChI is InChI=1S/C13H14F2IN3O/c1-18-5-8(6-18)7-19-11-3-2-9(20-13(14)15)4-10(11)12(16)17-19/h2-4,8,13H,5-7H2,1H3. The molecule has 1 saturated heterocycles. The number of halogens is 3. The molecule has 1 aliphatic rings. The summed E-state index contributed by atoms with van der Waals surface area (Å²) in [7, 11) is 2.09. The Morgan fingerprint density at radius 2 is 2.20 bits per heavy atom. The van der Waals surface area contributed by atoms with Gasteiger partial charge in [-0.1, -0.05) is 0 Å². The van der Waals surface area contributed by atoms with Gasteiger partial charge in [0.1, 0.15) is 9.45 Å². The van der Waals surface area contributed by atoms with Gasteiger partial charge in [0.25, 0.3) is 0 Å². The first-order valence-corrected chi connectivity index (χ1v) is 7.40. The number of likely N-dealkylation sites (tertiary alicyclic amines) is 1. The Kier molecular flexibility index (Phi) is 3.80. The molecule has 0 bridgehead atoms. The van der Waals surface area contributed by atoms with Crippen molar-refractivity contribution in [1.82, 2.24) is 14.7 Å². The molecule has 1 aromatic carbocycles. The van der Waals surface area contributed by atoms with Crippen LogP contribution >= 0.6 is 22.6 Å². The van der Waals surface area contributed by atoms with Crippen molar-refractivity contribution in [2.75, 3.05) is 20.1 Å². The molecule has 0 saturated carbocycles. The van der Waals surface area contributed by atoms with E-state index < -0.39 is 6.61 Å². The van der Waals surface area contributed by atoms with Crippen LogP contribution in [-0.4, -0.2) is 41.4 Å². The Balaban J connectivity index is 1.87. The molecule has 1 aliphatic heterocycles. The SMILES string of the molecule is CN1CC(Cn2nc(I)c3cc(OC(F)F)ccc32)C1. The van der Waals surface area contributed by atoms with Crippen LogP contribution in [0.5, 0.6) is 5.75 Å². The molecule has 3 rings (SSSR count). The van der Waals surface area contributed by atoms with Crippen molar-refractivity contribution in [3.05, 3.63) is 21.9 Å². The van der Waals surface area contributed by atoms with Gasteiger partial charge in [0, 0.05) is 30.9 Å². The van der Waals surface area contributed by atoms with Gasteiger partial charge in [-0.2, -0.15) is 13.9 Å². The average Bonchev–Trinajstić information content (AvgIpc) is 2.64. The lowest BCUT2D eigenvalue weighted by Gasteiger charge is -2.36. The van der Waals surface area contributed by atoms with Crippen molar-refractivity contribution in [1.29, 1.82) is 0 Å². The van der Waals surface area contributed by atoms with E-state index in [1.54, 1.807) is 18.2 Å². The van der Waals surface area contributed by atoms with E-state index in [0.717, 1.165) is 34.2 Å². The van der Waals surface area contributed by atoms with E-state index in [4.69, 9.17) is 0 Å². The van der Waals surface area contributed by atoms with E-state index in [0.29, 0.717) is 5.92 Å². The number of nitrogens with zero attached hydrogens (tertiary/aromatic N) is 3. The van der Waals surface area contributed by atoms with Crippen LogP contribution in [-0.2, 0) is 6.54 Å². The minimum absolute atomic E-state index is 0.174. The van der Waals surface area contributed by atoms with Crippen molar-refractivity contribution < 1.29 is 13.5 Å². The Hall–Kier alpha value is -0.960. The Morgan fingerprint density at radius 1 is 1.45 bits per heavy atom. The van der Waals surface area contributed by atoms with Gasteiger partial charge in [-0.3, -0.25) is 4.68 Å². The summed E-state index contributed by atoms with van der Waals surface area (Å²) in [5, 5.41) is 5.36. The number of fused-ring (bicyclic) bond motifs is 1. The van der Waals surface area contributed by atoms with Crippen molar-refractivity contribution in [2.45, 2.75) is 13.2 Å². The maximum Gasteiger partial charge on any atom is 0.387 e. The highest BCUT2D eigenvalue weighted by Gasteiger charge is 2.24. The molecule has 0 atom stereocenters. The van der Waals surface area contributed by atoms with Crippen molar-refractivity contribution in [2.24, 2.45) is 5.92 Å². The molecule has 1 fully saturated rings. The summed E-state index contributed by atoms with van der Waals surface area (Å²) in [5.41, 5.74) is 0.963. The van der Waals surface area contributed by atoms with Crippen molar-refractivity contribution in [3.8, 4) is 5.75 Å². The molecule has 108 valence electrons. The molecule has 1 aromatic heterocycles. The average molecular weight is 393 g/mol. The molecule has 0 N–H and O–H groups in total. The quantitative estimate of drug-likeness (QED) is 0.749. The fourth-order valence-corrected chi connectivity index (χ4v) is 3.32. The van der Waals surface area contributed by atoms with Crippen LogP contribution in [0.15, 0.2) is 18.2 Å². The smallest absolute Gasteiger partial charge is 0.387 e. The minimum Gasteiger partial charge on any atom is -0.435 e. The van der Waals surface area contributed by atoms with Crippen LogP contribution < -0.4 is 4.74 Å². The number of alkyl halides is 2. The molecule has 4 nitrogen and oxygen atoms in total. The summed E-state index contributed by atoms with van der Waals surface area (Å²) in [6.45, 7) is 0.208. The number of ether oxygens (including phenoxy) is 1. The van der Waals surface area contributed by atoms with Gasteiger partial charge in [-0.05, 0) is 47.8 Å². The lowest BCUT2D eigenvalue weighted by Crippen LogP contribution is -2.45. The van der Waals surface area contributed by atoms with Gasteiger partial charge in [0.05, 0.1) is 5.52 Å². The third kappa shape index (κ3) is 2.73. The molecule has 2 heterocycles. The Morgan fingerprint density at radius 3 is 2.85 bits per heavy atom. The van der Waals surface area contributed by atoms with Crippen LogP contribution in [0.4, 0.5) is 8.78 Å². The summed E-state index contributed by atoms with van der Waals surface area (Å²) in [6, 6.07) is 4.99. The van der Waals surface area contributed by atoms with Gasteiger partial charge >= 0.3 is 6.61 Å². The van der Waals surface area contributed by atoms with Gasteiger partial charge in [-0.25, -0.2) is 0 Å². The summed E-state index contributed by atoms with van der Waals surface area (Å²) >= 11 is 2.12.